The van der Waals surface area contributed by atoms with E-state index in [-0.39, 0.29) is 6.03 Å². The summed E-state index contributed by atoms with van der Waals surface area (Å²) < 4.78 is 0.824. The van der Waals surface area contributed by atoms with Gasteiger partial charge in [0, 0.05) is 11.0 Å². The van der Waals surface area contributed by atoms with Gasteiger partial charge in [0.15, 0.2) is 0 Å². The van der Waals surface area contributed by atoms with Crippen molar-refractivity contribution in [2.45, 2.75) is 6.54 Å². The Hall–Kier alpha value is -1.23. The molecular formula is C14H11BrCl2N2O. The minimum atomic E-state index is -0.289. The van der Waals surface area contributed by atoms with Crippen molar-refractivity contribution >= 4 is 50.9 Å². The third-order valence-electron chi connectivity index (χ3n) is 2.56. The molecule has 6 heteroatoms. The third-order valence-corrected chi connectivity index (χ3v) is 3.99. The second-order valence-electron chi connectivity index (χ2n) is 4.04. The van der Waals surface area contributed by atoms with E-state index in [4.69, 9.17) is 23.2 Å². The number of amides is 2. The number of halogens is 3. The van der Waals surface area contributed by atoms with Gasteiger partial charge in [0.05, 0.1) is 15.7 Å². The minimum Gasteiger partial charge on any atom is -0.334 e. The van der Waals surface area contributed by atoms with Crippen molar-refractivity contribution in [1.82, 2.24) is 5.32 Å². The van der Waals surface area contributed by atoms with Crippen LogP contribution in [0.2, 0.25) is 10.0 Å². The van der Waals surface area contributed by atoms with Crippen LogP contribution in [0, 0.1) is 0 Å². The fourth-order valence-electron chi connectivity index (χ4n) is 1.56. The first-order chi connectivity index (χ1) is 9.56. The molecule has 0 aromatic heterocycles. The second kappa shape index (κ2) is 6.97. The molecule has 20 heavy (non-hydrogen) atoms. The Bertz CT molecular complexity index is 634. The summed E-state index contributed by atoms with van der Waals surface area (Å²) in [4.78, 5) is 11.8. The summed E-state index contributed by atoms with van der Waals surface area (Å²) in [6, 6.07) is 12.3. The van der Waals surface area contributed by atoms with Crippen molar-refractivity contribution in [2.24, 2.45) is 0 Å². The first kappa shape index (κ1) is 15.2. The van der Waals surface area contributed by atoms with Crippen LogP contribution in [0.5, 0.6) is 0 Å². The van der Waals surface area contributed by atoms with Gasteiger partial charge in [-0.2, -0.15) is 0 Å². The van der Waals surface area contributed by atoms with Gasteiger partial charge in [-0.1, -0.05) is 41.4 Å². The fourth-order valence-corrected chi connectivity index (χ4v) is 2.27. The van der Waals surface area contributed by atoms with Crippen LogP contribution in [-0.4, -0.2) is 6.03 Å². The Morgan fingerprint density at radius 2 is 1.85 bits per heavy atom. The summed E-state index contributed by atoms with van der Waals surface area (Å²) in [5.41, 5.74) is 1.58. The van der Waals surface area contributed by atoms with Gasteiger partial charge in [-0.3, -0.25) is 0 Å². The largest absolute Gasteiger partial charge is 0.334 e. The Balaban J connectivity index is 1.92. The van der Waals surface area contributed by atoms with Gasteiger partial charge in [-0.05, 0) is 45.8 Å². The van der Waals surface area contributed by atoms with Crippen LogP contribution in [0.3, 0.4) is 0 Å². The fraction of sp³-hybridized carbons (Fsp3) is 0.0714. The lowest BCUT2D eigenvalue weighted by molar-refractivity contribution is 0.251. The number of carbonyl (C=O) groups excluding carboxylic acids is 1. The third kappa shape index (κ3) is 4.13. The van der Waals surface area contributed by atoms with Crippen molar-refractivity contribution in [3.63, 3.8) is 0 Å². The van der Waals surface area contributed by atoms with Crippen molar-refractivity contribution in [3.8, 4) is 0 Å². The number of rotatable bonds is 3. The second-order valence-corrected chi connectivity index (χ2v) is 5.70. The molecule has 0 spiro atoms. The Labute approximate surface area is 135 Å². The average Bonchev–Trinajstić information content (AvgIpc) is 2.43. The zero-order chi connectivity index (χ0) is 14.5. The van der Waals surface area contributed by atoms with Crippen LogP contribution >= 0.6 is 39.1 Å². The van der Waals surface area contributed by atoms with E-state index in [2.05, 4.69) is 26.6 Å². The van der Waals surface area contributed by atoms with Crippen molar-refractivity contribution in [3.05, 3.63) is 62.5 Å². The number of anilines is 1. The molecule has 0 unspecified atom stereocenters. The molecule has 0 aliphatic heterocycles. The molecule has 2 aromatic carbocycles. The predicted octanol–water partition coefficient (Wildman–Crippen LogP) is 5.08. The van der Waals surface area contributed by atoms with Crippen LogP contribution < -0.4 is 10.6 Å². The minimum absolute atomic E-state index is 0.289. The number of para-hydroxylation sites is 1. The van der Waals surface area contributed by atoms with Gasteiger partial charge < -0.3 is 10.6 Å². The smallest absolute Gasteiger partial charge is 0.319 e. The number of nitrogens with one attached hydrogen (secondary N) is 2. The molecule has 2 N–H and O–H groups in total. The maximum Gasteiger partial charge on any atom is 0.319 e. The van der Waals surface area contributed by atoms with Gasteiger partial charge in [0.2, 0.25) is 0 Å². The molecule has 2 rings (SSSR count). The first-order valence-electron chi connectivity index (χ1n) is 5.79. The zero-order valence-electron chi connectivity index (χ0n) is 10.3. The number of hydrogen-bond acceptors (Lipinski definition) is 1. The standard InChI is InChI=1S/C14H11BrCl2N2O/c15-10-3-1-2-4-13(10)19-14(20)18-8-9-5-6-11(16)12(17)7-9/h1-7H,8H2,(H2,18,19,20). The molecule has 0 heterocycles. The summed E-state index contributed by atoms with van der Waals surface area (Å²) in [5.74, 6) is 0. The van der Waals surface area contributed by atoms with Crippen molar-refractivity contribution < 1.29 is 4.79 Å². The van der Waals surface area contributed by atoms with Crippen LogP contribution in [0.1, 0.15) is 5.56 Å². The lowest BCUT2D eigenvalue weighted by atomic mass is 10.2. The van der Waals surface area contributed by atoms with E-state index in [0.717, 1.165) is 10.0 Å². The number of urea groups is 1. The Kier molecular flexibility index (Phi) is 5.29. The van der Waals surface area contributed by atoms with Gasteiger partial charge in [-0.15, -0.1) is 0 Å². The molecule has 0 atom stereocenters. The van der Waals surface area contributed by atoms with Crippen LogP contribution in [0.25, 0.3) is 0 Å². The van der Waals surface area contributed by atoms with Crippen molar-refractivity contribution in [2.75, 3.05) is 5.32 Å². The molecular weight excluding hydrogens is 363 g/mol. The highest BCUT2D eigenvalue weighted by Crippen LogP contribution is 2.23. The van der Waals surface area contributed by atoms with Crippen LogP contribution in [-0.2, 0) is 6.54 Å². The molecule has 0 saturated heterocycles. The predicted molar refractivity (Wildman–Crippen MR) is 86.5 cm³/mol. The van der Waals surface area contributed by atoms with E-state index in [9.17, 15) is 4.79 Å². The topological polar surface area (TPSA) is 41.1 Å². The van der Waals surface area contributed by atoms with E-state index >= 15 is 0 Å². The monoisotopic (exact) mass is 372 g/mol. The summed E-state index contributed by atoms with van der Waals surface area (Å²) >= 11 is 15.1. The summed E-state index contributed by atoms with van der Waals surface area (Å²) in [5, 5.41) is 6.46. The molecule has 0 radical (unpaired) electrons. The van der Waals surface area contributed by atoms with Crippen LogP contribution in [0.15, 0.2) is 46.9 Å². The van der Waals surface area contributed by atoms with Gasteiger partial charge in [-0.25, -0.2) is 4.79 Å². The molecule has 3 nitrogen and oxygen atoms in total. The van der Waals surface area contributed by atoms with E-state index in [0.29, 0.717) is 22.3 Å². The molecule has 2 amide bonds. The summed E-state index contributed by atoms with van der Waals surface area (Å²) in [6.07, 6.45) is 0. The van der Waals surface area contributed by atoms with E-state index in [1.807, 2.05) is 30.3 Å². The molecule has 104 valence electrons. The van der Waals surface area contributed by atoms with E-state index in [1.54, 1.807) is 12.1 Å². The quantitative estimate of drug-likeness (QED) is 0.773. The highest BCUT2D eigenvalue weighted by molar-refractivity contribution is 9.10. The normalized spacial score (nSPS) is 10.2. The molecule has 0 aliphatic rings. The molecule has 0 fully saturated rings. The molecule has 2 aromatic rings. The van der Waals surface area contributed by atoms with Crippen LogP contribution in [0.4, 0.5) is 10.5 Å². The Morgan fingerprint density at radius 1 is 1.10 bits per heavy atom. The van der Waals surface area contributed by atoms with Gasteiger partial charge in [0.1, 0.15) is 0 Å². The number of carbonyl (C=O) groups is 1. The lowest BCUT2D eigenvalue weighted by Crippen LogP contribution is -2.28. The first-order valence-corrected chi connectivity index (χ1v) is 7.34. The molecule has 0 aliphatic carbocycles. The number of benzene rings is 2. The van der Waals surface area contributed by atoms with Gasteiger partial charge in [0.25, 0.3) is 0 Å². The maximum atomic E-state index is 11.8. The highest BCUT2D eigenvalue weighted by atomic mass is 79.9. The van der Waals surface area contributed by atoms with E-state index in [1.165, 1.54) is 0 Å². The van der Waals surface area contributed by atoms with E-state index < -0.39 is 0 Å². The SMILES string of the molecule is O=C(NCc1ccc(Cl)c(Cl)c1)Nc1ccccc1Br. The zero-order valence-corrected chi connectivity index (χ0v) is 13.4. The summed E-state index contributed by atoms with van der Waals surface area (Å²) in [7, 11) is 0. The highest BCUT2D eigenvalue weighted by Gasteiger charge is 2.05. The molecule has 0 saturated carbocycles. The molecule has 0 bridgehead atoms. The lowest BCUT2D eigenvalue weighted by Gasteiger charge is -2.09. The summed E-state index contributed by atoms with van der Waals surface area (Å²) in [6.45, 7) is 0.368. The number of hydrogen-bond donors (Lipinski definition) is 2. The van der Waals surface area contributed by atoms with Crippen molar-refractivity contribution in [1.29, 1.82) is 0 Å². The average molecular weight is 374 g/mol. The maximum absolute atomic E-state index is 11.8. The van der Waals surface area contributed by atoms with Gasteiger partial charge >= 0.3 is 6.03 Å². The Morgan fingerprint density at radius 3 is 2.55 bits per heavy atom.